The van der Waals surface area contributed by atoms with Gasteiger partial charge in [-0.25, -0.2) is 0 Å². The Kier molecular flexibility index (Phi) is 11.2. The fraction of sp³-hybridized carbons (Fsp3) is 0.414. The summed E-state index contributed by atoms with van der Waals surface area (Å²) in [6, 6.07) is 18.5. The molecule has 188 valence electrons. The molecule has 0 spiro atoms. The molecule has 0 aromatic heterocycles. The molecule has 0 saturated carbocycles. The van der Waals surface area contributed by atoms with Crippen molar-refractivity contribution >= 4 is 17.7 Å². The molecule has 0 heterocycles. The smallest absolute Gasteiger partial charge is 0.243 e. The lowest BCUT2D eigenvalue weighted by molar-refractivity contribution is -0.133. The minimum Gasteiger partial charge on any atom is -0.348 e. The topological polar surface area (TPSA) is 87.3 Å². The average molecular weight is 478 g/mol. The molecule has 35 heavy (non-hydrogen) atoms. The van der Waals surface area contributed by atoms with Crippen molar-refractivity contribution in [1.29, 1.82) is 0 Å². The lowest BCUT2D eigenvalue weighted by atomic mass is 9.98. The second kappa shape index (κ2) is 14.1. The molecule has 0 bridgehead atoms. The van der Waals surface area contributed by atoms with Crippen LogP contribution in [0.5, 0.6) is 0 Å². The highest BCUT2D eigenvalue weighted by Gasteiger charge is 2.30. The number of rotatable bonds is 12. The van der Waals surface area contributed by atoms with E-state index < -0.39 is 12.1 Å². The van der Waals surface area contributed by atoms with Crippen molar-refractivity contribution in [2.75, 3.05) is 0 Å². The summed E-state index contributed by atoms with van der Waals surface area (Å²) >= 11 is 0. The molecule has 2 aromatic carbocycles. The van der Waals surface area contributed by atoms with Crippen LogP contribution in [0.15, 0.2) is 72.8 Å². The SMILES string of the molecule is CC(=O)N[C@H](C(=O)N[C@H](C(=O)NC(C=CCc1ccccc1)Cc1ccccc1)C(C)C)C(C)C. The summed E-state index contributed by atoms with van der Waals surface area (Å²) in [5.41, 5.74) is 2.30. The summed E-state index contributed by atoms with van der Waals surface area (Å²) in [6.45, 7) is 8.89. The first-order valence-corrected chi connectivity index (χ1v) is 12.3. The van der Waals surface area contributed by atoms with Gasteiger partial charge < -0.3 is 16.0 Å². The fourth-order valence-corrected chi connectivity index (χ4v) is 3.82. The van der Waals surface area contributed by atoms with Gasteiger partial charge in [-0.1, -0.05) is 101 Å². The highest BCUT2D eigenvalue weighted by molar-refractivity contribution is 5.92. The van der Waals surface area contributed by atoms with Crippen molar-refractivity contribution in [2.24, 2.45) is 11.8 Å². The van der Waals surface area contributed by atoms with Gasteiger partial charge in [0.15, 0.2) is 0 Å². The Hall–Kier alpha value is -3.41. The van der Waals surface area contributed by atoms with E-state index in [2.05, 4.69) is 34.2 Å². The Labute approximate surface area is 209 Å². The first-order valence-electron chi connectivity index (χ1n) is 12.3. The van der Waals surface area contributed by atoms with E-state index in [-0.39, 0.29) is 35.6 Å². The van der Waals surface area contributed by atoms with Crippen LogP contribution in [0.3, 0.4) is 0 Å². The molecule has 0 aliphatic carbocycles. The predicted molar refractivity (Wildman–Crippen MR) is 141 cm³/mol. The third-order valence-electron chi connectivity index (χ3n) is 5.75. The van der Waals surface area contributed by atoms with Crippen LogP contribution in [0.4, 0.5) is 0 Å². The Balaban J connectivity index is 2.15. The highest BCUT2D eigenvalue weighted by atomic mass is 16.2. The van der Waals surface area contributed by atoms with Gasteiger partial charge in [0.25, 0.3) is 0 Å². The maximum absolute atomic E-state index is 13.3. The Morgan fingerprint density at radius 2 is 1.20 bits per heavy atom. The zero-order valence-electron chi connectivity index (χ0n) is 21.5. The lowest BCUT2D eigenvalue weighted by Gasteiger charge is -2.28. The summed E-state index contributed by atoms with van der Waals surface area (Å²) in [7, 11) is 0. The highest BCUT2D eigenvalue weighted by Crippen LogP contribution is 2.10. The number of hydrogen-bond acceptors (Lipinski definition) is 3. The van der Waals surface area contributed by atoms with E-state index in [0.717, 1.165) is 12.0 Å². The van der Waals surface area contributed by atoms with Gasteiger partial charge in [0.2, 0.25) is 17.7 Å². The van der Waals surface area contributed by atoms with Gasteiger partial charge in [-0.15, -0.1) is 0 Å². The predicted octanol–water partition coefficient (Wildman–Crippen LogP) is 3.81. The first kappa shape index (κ1) is 27.8. The van der Waals surface area contributed by atoms with Gasteiger partial charge in [0, 0.05) is 6.92 Å². The molecule has 0 aliphatic rings. The third kappa shape index (κ3) is 9.77. The van der Waals surface area contributed by atoms with Crippen LogP contribution in [-0.2, 0) is 27.2 Å². The van der Waals surface area contributed by atoms with Crippen LogP contribution in [0.25, 0.3) is 0 Å². The number of hydrogen-bond donors (Lipinski definition) is 3. The number of carbonyl (C=O) groups excluding carboxylic acids is 3. The minimum atomic E-state index is -0.724. The maximum Gasteiger partial charge on any atom is 0.243 e. The van der Waals surface area contributed by atoms with Crippen molar-refractivity contribution in [3.63, 3.8) is 0 Å². The van der Waals surface area contributed by atoms with Crippen LogP contribution < -0.4 is 16.0 Å². The lowest BCUT2D eigenvalue weighted by Crippen LogP contribution is -2.57. The first-order chi connectivity index (χ1) is 16.7. The zero-order valence-corrected chi connectivity index (χ0v) is 21.5. The summed E-state index contributed by atoms with van der Waals surface area (Å²) in [6.07, 6.45) is 5.49. The quantitative estimate of drug-likeness (QED) is 0.406. The largest absolute Gasteiger partial charge is 0.348 e. The standard InChI is InChI=1S/C29H39N3O3/c1-20(2)26(30-22(5)33)29(35)32-27(21(3)4)28(34)31-25(19-24-15-10-7-11-16-24)18-12-17-23-13-8-6-9-14-23/h6-16,18,20-21,25-27H,17,19H2,1-5H3,(H,30,33)(H,31,34)(H,32,35)/t25?,26-,27-/m0/s1. The molecule has 3 amide bonds. The molecule has 6 nitrogen and oxygen atoms in total. The van der Waals surface area contributed by atoms with E-state index in [4.69, 9.17) is 0 Å². The average Bonchev–Trinajstić information content (AvgIpc) is 2.81. The van der Waals surface area contributed by atoms with Crippen LogP contribution in [-0.4, -0.2) is 35.8 Å². The van der Waals surface area contributed by atoms with E-state index in [0.29, 0.717) is 6.42 Å². The van der Waals surface area contributed by atoms with Crippen molar-refractivity contribution in [1.82, 2.24) is 16.0 Å². The van der Waals surface area contributed by atoms with Gasteiger partial charge in [-0.05, 0) is 35.8 Å². The van der Waals surface area contributed by atoms with Crippen molar-refractivity contribution in [3.05, 3.63) is 83.9 Å². The summed E-state index contributed by atoms with van der Waals surface area (Å²) < 4.78 is 0. The van der Waals surface area contributed by atoms with Crippen LogP contribution in [0.1, 0.15) is 45.7 Å². The zero-order chi connectivity index (χ0) is 25.8. The van der Waals surface area contributed by atoms with Crippen LogP contribution in [0.2, 0.25) is 0 Å². The van der Waals surface area contributed by atoms with Crippen LogP contribution >= 0.6 is 0 Å². The second-order valence-electron chi connectivity index (χ2n) is 9.58. The van der Waals surface area contributed by atoms with E-state index in [1.807, 2.05) is 82.3 Å². The molecule has 2 rings (SSSR count). The van der Waals surface area contributed by atoms with Gasteiger partial charge in [0.05, 0.1) is 6.04 Å². The molecular weight excluding hydrogens is 438 g/mol. The molecule has 3 N–H and O–H groups in total. The number of benzene rings is 2. The normalized spacial score (nSPS) is 13.9. The Morgan fingerprint density at radius 3 is 1.71 bits per heavy atom. The monoisotopic (exact) mass is 477 g/mol. The summed E-state index contributed by atoms with van der Waals surface area (Å²) in [5, 5.41) is 8.67. The minimum absolute atomic E-state index is 0.110. The van der Waals surface area contributed by atoms with Crippen molar-refractivity contribution in [3.8, 4) is 0 Å². The molecular formula is C29H39N3O3. The van der Waals surface area contributed by atoms with Crippen molar-refractivity contribution in [2.45, 2.75) is 65.6 Å². The molecule has 0 aliphatic heterocycles. The van der Waals surface area contributed by atoms with E-state index in [1.54, 1.807) is 0 Å². The molecule has 2 aromatic rings. The summed E-state index contributed by atoms with van der Waals surface area (Å²) in [5.74, 6) is -1.13. The number of nitrogens with one attached hydrogen (secondary N) is 3. The fourth-order valence-electron chi connectivity index (χ4n) is 3.82. The third-order valence-corrected chi connectivity index (χ3v) is 5.75. The molecule has 6 heteroatoms. The van der Waals surface area contributed by atoms with Gasteiger partial charge in [-0.3, -0.25) is 14.4 Å². The summed E-state index contributed by atoms with van der Waals surface area (Å²) in [4.78, 5) is 37.8. The Bertz CT molecular complexity index is 971. The number of carbonyl (C=O) groups is 3. The van der Waals surface area contributed by atoms with Crippen LogP contribution in [0, 0.1) is 11.8 Å². The maximum atomic E-state index is 13.3. The van der Waals surface area contributed by atoms with E-state index in [9.17, 15) is 14.4 Å². The molecule has 0 saturated heterocycles. The van der Waals surface area contributed by atoms with Crippen molar-refractivity contribution < 1.29 is 14.4 Å². The molecule has 0 fully saturated rings. The van der Waals surface area contributed by atoms with Gasteiger partial charge in [-0.2, -0.15) is 0 Å². The van der Waals surface area contributed by atoms with Gasteiger partial charge >= 0.3 is 0 Å². The number of allylic oxidation sites excluding steroid dienone is 1. The Morgan fingerprint density at radius 1 is 0.714 bits per heavy atom. The molecule has 0 radical (unpaired) electrons. The van der Waals surface area contributed by atoms with Gasteiger partial charge in [0.1, 0.15) is 12.1 Å². The van der Waals surface area contributed by atoms with E-state index >= 15 is 0 Å². The number of amides is 3. The molecule has 1 unspecified atom stereocenters. The second-order valence-corrected chi connectivity index (χ2v) is 9.58. The molecule has 3 atom stereocenters. The van der Waals surface area contributed by atoms with E-state index in [1.165, 1.54) is 12.5 Å².